The maximum Gasteiger partial charge on any atom is 0.229 e. The Morgan fingerprint density at radius 1 is 1.39 bits per heavy atom. The molecule has 2 unspecified atom stereocenters. The van der Waals surface area contributed by atoms with Gasteiger partial charge in [-0.25, -0.2) is 0 Å². The maximum atomic E-state index is 12.1. The van der Waals surface area contributed by atoms with Crippen LogP contribution in [0.25, 0.3) is 0 Å². The van der Waals surface area contributed by atoms with Gasteiger partial charge in [0.05, 0.1) is 5.92 Å². The molecule has 0 bridgehead atoms. The summed E-state index contributed by atoms with van der Waals surface area (Å²) in [5, 5.41) is 2.97. The number of carbonyl (C=O) groups is 1. The van der Waals surface area contributed by atoms with Crippen molar-refractivity contribution in [1.29, 1.82) is 0 Å². The van der Waals surface area contributed by atoms with Gasteiger partial charge in [0, 0.05) is 26.3 Å². The monoisotopic (exact) mass is 250 g/mol. The molecule has 0 aromatic heterocycles. The Bertz CT molecular complexity index is 354. The van der Waals surface area contributed by atoms with Gasteiger partial charge in [-0.15, -0.1) is 0 Å². The predicted octanol–water partition coefficient (Wildman–Crippen LogP) is 1.27. The first-order valence-corrected chi connectivity index (χ1v) is 6.23. The highest BCUT2D eigenvalue weighted by molar-refractivity contribution is 5.84. The molecular weight excluding hydrogens is 228 g/mol. The van der Waals surface area contributed by atoms with Crippen molar-refractivity contribution in [2.75, 3.05) is 20.3 Å². The molecule has 0 saturated carbocycles. The summed E-state index contributed by atoms with van der Waals surface area (Å²) >= 11 is 0. The molecule has 3 N–H and O–H groups in total. The van der Waals surface area contributed by atoms with Gasteiger partial charge in [0.2, 0.25) is 5.91 Å². The highest BCUT2D eigenvalue weighted by Crippen LogP contribution is 2.14. The van der Waals surface area contributed by atoms with E-state index < -0.39 is 0 Å². The number of amides is 1. The zero-order valence-electron chi connectivity index (χ0n) is 11.1. The van der Waals surface area contributed by atoms with Crippen molar-refractivity contribution in [2.24, 2.45) is 5.73 Å². The fourth-order valence-corrected chi connectivity index (χ4v) is 1.79. The van der Waals surface area contributed by atoms with Crippen LogP contribution in [0.15, 0.2) is 30.3 Å². The second-order valence-electron chi connectivity index (χ2n) is 4.39. The lowest BCUT2D eigenvalue weighted by atomic mass is 9.98. The third-order valence-electron chi connectivity index (χ3n) is 2.90. The fourth-order valence-electron chi connectivity index (χ4n) is 1.79. The van der Waals surface area contributed by atoms with Crippen LogP contribution in [0.5, 0.6) is 0 Å². The summed E-state index contributed by atoms with van der Waals surface area (Å²) in [6, 6.07) is 9.71. The first-order valence-electron chi connectivity index (χ1n) is 6.23. The Morgan fingerprint density at radius 3 is 2.61 bits per heavy atom. The SMILES string of the molecule is COCCC(C)NC(=O)C(CN)c1ccccc1. The van der Waals surface area contributed by atoms with Crippen LogP contribution < -0.4 is 11.1 Å². The van der Waals surface area contributed by atoms with Crippen molar-refractivity contribution in [3.05, 3.63) is 35.9 Å². The number of methoxy groups -OCH3 is 1. The molecule has 4 nitrogen and oxygen atoms in total. The molecule has 1 amide bonds. The van der Waals surface area contributed by atoms with E-state index in [0.717, 1.165) is 12.0 Å². The van der Waals surface area contributed by atoms with E-state index in [0.29, 0.717) is 13.2 Å². The minimum Gasteiger partial charge on any atom is -0.385 e. The Hall–Kier alpha value is -1.39. The van der Waals surface area contributed by atoms with Gasteiger partial charge in [0.15, 0.2) is 0 Å². The molecule has 18 heavy (non-hydrogen) atoms. The summed E-state index contributed by atoms with van der Waals surface area (Å²) < 4.78 is 4.99. The highest BCUT2D eigenvalue weighted by atomic mass is 16.5. The normalized spacial score (nSPS) is 13.9. The van der Waals surface area contributed by atoms with E-state index >= 15 is 0 Å². The van der Waals surface area contributed by atoms with E-state index in [9.17, 15) is 4.79 Å². The van der Waals surface area contributed by atoms with E-state index in [1.54, 1.807) is 7.11 Å². The Morgan fingerprint density at radius 2 is 2.06 bits per heavy atom. The third kappa shape index (κ3) is 4.47. The summed E-state index contributed by atoms with van der Waals surface area (Å²) in [7, 11) is 1.65. The van der Waals surface area contributed by atoms with Crippen molar-refractivity contribution in [1.82, 2.24) is 5.32 Å². The van der Waals surface area contributed by atoms with Crippen LogP contribution in [0.2, 0.25) is 0 Å². The quantitative estimate of drug-likeness (QED) is 0.766. The average molecular weight is 250 g/mol. The molecule has 0 aliphatic heterocycles. The van der Waals surface area contributed by atoms with Gasteiger partial charge in [-0.3, -0.25) is 4.79 Å². The molecule has 4 heteroatoms. The van der Waals surface area contributed by atoms with Crippen molar-refractivity contribution >= 4 is 5.91 Å². The first kappa shape index (κ1) is 14.7. The topological polar surface area (TPSA) is 64.3 Å². The number of hydrogen-bond acceptors (Lipinski definition) is 3. The molecule has 1 aromatic carbocycles. The zero-order valence-corrected chi connectivity index (χ0v) is 11.1. The molecule has 2 atom stereocenters. The molecule has 0 aliphatic carbocycles. The minimum atomic E-state index is -0.281. The largest absolute Gasteiger partial charge is 0.385 e. The molecule has 0 aliphatic rings. The third-order valence-corrected chi connectivity index (χ3v) is 2.90. The van der Waals surface area contributed by atoms with Crippen LogP contribution in [-0.4, -0.2) is 32.2 Å². The molecule has 1 aromatic rings. The molecule has 0 spiro atoms. The Labute approximate surface area is 109 Å². The molecule has 0 fully saturated rings. The number of nitrogens with one attached hydrogen (secondary N) is 1. The van der Waals surface area contributed by atoms with Gasteiger partial charge in [0.25, 0.3) is 0 Å². The predicted molar refractivity (Wildman–Crippen MR) is 72.3 cm³/mol. The second kappa shape index (κ2) is 7.84. The van der Waals surface area contributed by atoms with Crippen LogP contribution in [0, 0.1) is 0 Å². The zero-order chi connectivity index (χ0) is 13.4. The number of carbonyl (C=O) groups excluding carboxylic acids is 1. The summed E-state index contributed by atoms with van der Waals surface area (Å²) in [6.07, 6.45) is 0.800. The van der Waals surface area contributed by atoms with Crippen LogP contribution in [0.3, 0.4) is 0 Å². The van der Waals surface area contributed by atoms with E-state index in [2.05, 4.69) is 5.32 Å². The lowest BCUT2D eigenvalue weighted by Gasteiger charge is -2.19. The maximum absolute atomic E-state index is 12.1. The van der Waals surface area contributed by atoms with Gasteiger partial charge < -0.3 is 15.8 Å². The summed E-state index contributed by atoms with van der Waals surface area (Å²) in [5.74, 6) is -0.302. The first-order chi connectivity index (χ1) is 8.69. The van der Waals surface area contributed by atoms with Crippen LogP contribution in [-0.2, 0) is 9.53 Å². The summed E-state index contributed by atoms with van der Waals surface area (Å²) in [6.45, 7) is 2.92. The van der Waals surface area contributed by atoms with Gasteiger partial charge in [0.1, 0.15) is 0 Å². The van der Waals surface area contributed by atoms with Gasteiger partial charge in [-0.05, 0) is 18.9 Å². The molecular formula is C14H22N2O2. The minimum absolute atomic E-state index is 0.0210. The Balaban J connectivity index is 2.58. The standard InChI is InChI=1S/C14H22N2O2/c1-11(8-9-18-2)16-14(17)13(10-15)12-6-4-3-5-7-12/h3-7,11,13H,8-10,15H2,1-2H3,(H,16,17). The second-order valence-corrected chi connectivity index (χ2v) is 4.39. The molecule has 1 rings (SSSR count). The lowest BCUT2D eigenvalue weighted by molar-refractivity contribution is -0.123. The number of ether oxygens (including phenoxy) is 1. The van der Waals surface area contributed by atoms with Crippen molar-refractivity contribution in [3.8, 4) is 0 Å². The van der Waals surface area contributed by atoms with Crippen molar-refractivity contribution < 1.29 is 9.53 Å². The molecule has 100 valence electrons. The van der Waals surface area contributed by atoms with E-state index in [1.165, 1.54) is 0 Å². The van der Waals surface area contributed by atoms with Crippen LogP contribution >= 0.6 is 0 Å². The van der Waals surface area contributed by atoms with Gasteiger partial charge in [-0.1, -0.05) is 30.3 Å². The van der Waals surface area contributed by atoms with E-state index in [1.807, 2.05) is 37.3 Å². The fraction of sp³-hybridized carbons (Fsp3) is 0.500. The van der Waals surface area contributed by atoms with E-state index in [4.69, 9.17) is 10.5 Å². The summed E-state index contributed by atoms with van der Waals surface area (Å²) in [5.41, 5.74) is 6.65. The van der Waals surface area contributed by atoms with Gasteiger partial charge in [-0.2, -0.15) is 0 Å². The average Bonchev–Trinajstić information content (AvgIpc) is 2.38. The molecule has 0 heterocycles. The van der Waals surface area contributed by atoms with Crippen LogP contribution in [0.4, 0.5) is 0 Å². The highest BCUT2D eigenvalue weighted by Gasteiger charge is 2.19. The van der Waals surface area contributed by atoms with Crippen LogP contribution in [0.1, 0.15) is 24.8 Å². The number of hydrogen-bond donors (Lipinski definition) is 2. The lowest BCUT2D eigenvalue weighted by Crippen LogP contribution is -2.39. The van der Waals surface area contributed by atoms with Gasteiger partial charge >= 0.3 is 0 Å². The van der Waals surface area contributed by atoms with Crippen molar-refractivity contribution in [3.63, 3.8) is 0 Å². The van der Waals surface area contributed by atoms with Crippen molar-refractivity contribution in [2.45, 2.75) is 25.3 Å². The Kier molecular flexibility index (Phi) is 6.39. The summed E-state index contributed by atoms with van der Waals surface area (Å²) in [4.78, 5) is 12.1. The number of benzene rings is 1. The molecule has 0 saturated heterocycles. The molecule has 0 radical (unpaired) electrons. The smallest absolute Gasteiger partial charge is 0.229 e. The van der Waals surface area contributed by atoms with E-state index in [-0.39, 0.29) is 17.9 Å². The number of nitrogens with two attached hydrogens (primary N) is 1. The number of rotatable bonds is 7.